The summed E-state index contributed by atoms with van der Waals surface area (Å²) in [6.07, 6.45) is 7.42. The van der Waals surface area contributed by atoms with Crippen molar-refractivity contribution < 1.29 is 9.53 Å². The van der Waals surface area contributed by atoms with E-state index < -0.39 is 5.41 Å². The van der Waals surface area contributed by atoms with Crippen LogP contribution in [-0.2, 0) is 11.3 Å². The van der Waals surface area contributed by atoms with Crippen LogP contribution in [0.3, 0.4) is 0 Å². The number of hydrogen-bond acceptors (Lipinski definition) is 4. The van der Waals surface area contributed by atoms with Crippen molar-refractivity contribution in [1.29, 1.82) is 5.26 Å². The second kappa shape index (κ2) is 6.35. The van der Waals surface area contributed by atoms with E-state index in [1.165, 1.54) is 12.8 Å². The van der Waals surface area contributed by atoms with Gasteiger partial charge in [-0.25, -0.2) is 4.98 Å². The van der Waals surface area contributed by atoms with Crippen LogP contribution in [0.25, 0.3) is 0 Å². The predicted molar refractivity (Wildman–Crippen MR) is 80.8 cm³/mol. The summed E-state index contributed by atoms with van der Waals surface area (Å²) in [4.78, 5) is 16.5. The molecule has 0 atom stereocenters. The van der Waals surface area contributed by atoms with Gasteiger partial charge in [0.25, 0.3) is 0 Å². The number of hydrogen-bond donors (Lipinski definition) is 1. The third-order valence-corrected chi connectivity index (χ3v) is 4.52. The zero-order valence-electron chi connectivity index (χ0n) is 12.7. The van der Waals surface area contributed by atoms with Crippen LogP contribution in [0.5, 0.6) is 5.88 Å². The van der Waals surface area contributed by atoms with Crippen molar-refractivity contribution in [3.63, 3.8) is 0 Å². The Bertz CT molecular complexity index is 584. The molecular weight excluding hydrogens is 278 g/mol. The SMILES string of the molecule is N#CC1(C(=O)NCc2ccnc(OCC3CC3)c2)CCCC1. The van der Waals surface area contributed by atoms with Gasteiger partial charge in [0.05, 0.1) is 12.7 Å². The Balaban J connectivity index is 1.55. The summed E-state index contributed by atoms with van der Waals surface area (Å²) in [6, 6.07) is 5.93. The van der Waals surface area contributed by atoms with Crippen molar-refractivity contribution in [2.45, 2.75) is 45.1 Å². The molecule has 22 heavy (non-hydrogen) atoms. The van der Waals surface area contributed by atoms with Crippen molar-refractivity contribution in [1.82, 2.24) is 10.3 Å². The fourth-order valence-corrected chi connectivity index (χ4v) is 2.85. The van der Waals surface area contributed by atoms with Crippen molar-refractivity contribution in [3.8, 4) is 11.9 Å². The Morgan fingerprint density at radius 3 is 2.91 bits per heavy atom. The fraction of sp³-hybridized carbons (Fsp3) is 0.588. The van der Waals surface area contributed by atoms with Gasteiger partial charge in [0.1, 0.15) is 5.41 Å². The number of carbonyl (C=O) groups excluding carboxylic acids is 1. The maximum absolute atomic E-state index is 12.3. The van der Waals surface area contributed by atoms with Crippen molar-refractivity contribution >= 4 is 5.91 Å². The minimum absolute atomic E-state index is 0.148. The zero-order valence-corrected chi connectivity index (χ0v) is 12.7. The minimum Gasteiger partial charge on any atom is -0.477 e. The number of rotatable bonds is 6. The van der Waals surface area contributed by atoms with E-state index in [-0.39, 0.29) is 5.91 Å². The summed E-state index contributed by atoms with van der Waals surface area (Å²) in [7, 11) is 0. The van der Waals surface area contributed by atoms with Crippen LogP contribution < -0.4 is 10.1 Å². The third-order valence-electron chi connectivity index (χ3n) is 4.52. The van der Waals surface area contributed by atoms with Gasteiger partial charge in [0.15, 0.2) is 0 Å². The highest BCUT2D eigenvalue weighted by Gasteiger charge is 2.41. The summed E-state index contributed by atoms with van der Waals surface area (Å²) >= 11 is 0. The molecule has 0 spiro atoms. The van der Waals surface area contributed by atoms with Gasteiger partial charge in [0.2, 0.25) is 11.8 Å². The normalized spacial score (nSPS) is 19.4. The first-order valence-electron chi connectivity index (χ1n) is 7.99. The smallest absolute Gasteiger partial charge is 0.240 e. The number of nitriles is 1. The Morgan fingerprint density at radius 2 is 2.23 bits per heavy atom. The fourth-order valence-electron chi connectivity index (χ4n) is 2.85. The van der Waals surface area contributed by atoms with Crippen molar-refractivity contribution in [2.24, 2.45) is 11.3 Å². The first-order valence-corrected chi connectivity index (χ1v) is 7.99. The molecule has 5 heteroatoms. The van der Waals surface area contributed by atoms with Gasteiger partial charge >= 0.3 is 0 Å². The highest BCUT2D eigenvalue weighted by Crippen LogP contribution is 2.37. The van der Waals surface area contributed by atoms with E-state index >= 15 is 0 Å². The van der Waals surface area contributed by atoms with E-state index in [0.717, 1.165) is 25.0 Å². The van der Waals surface area contributed by atoms with Crippen LogP contribution in [0, 0.1) is 22.7 Å². The first kappa shape index (κ1) is 14.8. The minimum atomic E-state index is -0.821. The summed E-state index contributed by atoms with van der Waals surface area (Å²) in [5.74, 6) is 1.14. The maximum atomic E-state index is 12.3. The highest BCUT2D eigenvalue weighted by molar-refractivity contribution is 5.85. The molecule has 0 unspecified atom stereocenters. The van der Waals surface area contributed by atoms with Crippen LogP contribution in [0.1, 0.15) is 44.1 Å². The molecule has 1 aromatic rings. The van der Waals surface area contributed by atoms with Gasteiger partial charge in [0, 0.05) is 18.8 Å². The highest BCUT2D eigenvalue weighted by atomic mass is 16.5. The molecule has 3 rings (SSSR count). The van der Waals surface area contributed by atoms with Crippen LogP contribution in [0.4, 0.5) is 0 Å². The molecule has 1 amide bonds. The molecule has 0 saturated heterocycles. The summed E-state index contributed by atoms with van der Waals surface area (Å²) in [5, 5.41) is 12.2. The molecule has 0 aromatic carbocycles. The molecular formula is C17H21N3O2. The van der Waals surface area contributed by atoms with Gasteiger partial charge < -0.3 is 10.1 Å². The van der Waals surface area contributed by atoms with Gasteiger partial charge in [-0.2, -0.15) is 5.26 Å². The monoisotopic (exact) mass is 299 g/mol. The lowest BCUT2D eigenvalue weighted by Crippen LogP contribution is -2.37. The molecule has 2 aliphatic rings. The number of aromatic nitrogens is 1. The standard InChI is InChI=1S/C17H21N3O2/c18-12-17(6-1-2-7-17)16(21)20-10-14-5-8-19-15(9-14)22-11-13-3-4-13/h5,8-9,13H,1-4,6-7,10-11H2,(H,20,21). The van der Waals surface area contributed by atoms with E-state index in [2.05, 4.69) is 16.4 Å². The van der Waals surface area contributed by atoms with E-state index in [1.54, 1.807) is 6.20 Å². The van der Waals surface area contributed by atoms with E-state index in [4.69, 9.17) is 4.74 Å². The van der Waals surface area contributed by atoms with Crippen LogP contribution in [-0.4, -0.2) is 17.5 Å². The lowest BCUT2D eigenvalue weighted by Gasteiger charge is -2.19. The van der Waals surface area contributed by atoms with Crippen molar-refractivity contribution in [3.05, 3.63) is 23.9 Å². The Labute approximate surface area is 130 Å². The molecule has 1 heterocycles. The molecule has 0 radical (unpaired) electrons. The number of amides is 1. The topological polar surface area (TPSA) is 75.0 Å². The number of nitrogens with zero attached hydrogens (tertiary/aromatic N) is 2. The number of ether oxygens (including phenoxy) is 1. The summed E-state index contributed by atoms with van der Waals surface area (Å²) < 4.78 is 5.64. The average molecular weight is 299 g/mol. The van der Waals surface area contributed by atoms with Crippen LogP contribution in [0.2, 0.25) is 0 Å². The second-order valence-electron chi connectivity index (χ2n) is 6.34. The average Bonchev–Trinajstić information content (AvgIpc) is 3.26. The molecule has 116 valence electrons. The number of nitrogens with one attached hydrogen (secondary N) is 1. The summed E-state index contributed by atoms with van der Waals surface area (Å²) in [6.45, 7) is 1.13. The third kappa shape index (κ3) is 3.38. The Hall–Kier alpha value is -2.09. The van der Waals surface area contributed by atoms with Gasteiger partial charge in [-0.05, 0) is 43.2 Å². The lowest BCUT2D eigenvalue weighted by molar-refractivity contribution is -0.128. The first-order chi connectivity index (χ1) is 10.7. The van der Waals surface area contributed by atoms with Gasteiger partial charge in [-0.3, -0.25) is 4.79 Å². The molecule has 2 aliphatic carbocycles. The molecule has 0 bridgehead atoms. The van der Waals surface area contributed by atoms with Gasteiger partial charge in [-0.1, -0.05) is 12.8 Å². The molecule has 2 saturated carbocycles. The zero-order chi connectivity index (χ0) is 15.4. The molecule has 1 aromatic heterocycles. The van der Waals surface area contributed by atoms with Crippen LogP contribution in [0.15, 0.2) is 18.3 Å². The van der Waals surface area contributed by atoms with Crippen molar-refractivity contribution in [2.75, 3.05) is 6.61 Å². The van der Waals surface area contributed by atoms with E-state index in [9.17, 15) is 10.1 Å². The quantitative estimate of drug-likeness (QED) is 0.876. The summed E-state index contributed by atoms with van der Waals surface area (Å²) in [5.41, 5.74) is 0.124. The lowest BCUT2D eigenvalue weighted by atomic mass is 9.87. The Morgan fingerprint density at radius 1 is 1.45 bits per heavy atom. The van der Waals surface area contributed by atoms with E-state index in [0.29, 0.717) is 31.2 Å². The number of pyridine rings is 1. The second-order valence-corrected chi connectivity index (χ2v) is 6.34. The molecule has 5 nitrogen and oxygen atoms in total. The van der Waals surface area contributed by atoms with Gasteiger partial charge in [-0.15, -0.1) is 0 Å². The molecule has 2 fully saturated rings. The molecule has 0 aliphatic heterocycles. The molecule has 1 N–H and O–H groups in total. The maximum Gasteiger partial charge on any atom is 0.240 e. The largest absolute Gasteiger partial charge is 0.477 e. The Kier molecular flexibility index (Phi) is 4.28. The van der Waals surface area contributed by atoms with Crippen LogP contribution >= 0.6 is 0 Å². The number of carbonyl (C=O) groups is 1. The predicted octanol–water partition coefficient (Wildman–Crippen LogP) is 2.57. The van der Waals surface area contributed by atoms with E-state index in [1.807, 2.05) is 12.1 Å².